The molecule has 0 bridgehead atoms. The first-order valence-electron chi connectivity index (χ1n) is 9.33. The molecule has 2 heterocycles. The third-order valence-corrected chi connectivity index (χ3v) is 5.76. The zero-order valence-electron chi connectivity index (χ0n) is 16.5. The van der Waals surface area contributed by atoms with E-state index in [-0.39, 0.29) is 29.8 Å². The van der Waals surface area contributed by atoms with Gasteiger partial charge in [-0.05, 0) is 31.4 Å². The number of nitrogens with one attached hydrogen (secondary N) is 1. The summed E-state index contributed by atoms with van der Waals surface area (Å²) in [6.07, 6.45) is 0.994. The number of fused-ring (bicyclic) bond motifs is 1. The molecule has 0 spiro atoms. The fourth-order valence-electron chi connectivity index (χ4n) is 3.76. The molecule has 1 aromatic rings. The van der Waals surface area contributed by atoms with Gasteiger partial charge in [0, 0.05) is 39.3 Å². The Bertz CT molecular complexity index is 761. The van der Waals surface area contributed by atoms with Crippen LogP contribution in [0, 0.1) is 0 Å². The van der Waals surface area contributed by atoms with Crippen LogP contribution in [0.2, 0.25) is 0 Å². The van der Waals surface area contributed by atoms with Crippen LogP contribution in [0.3, 0.4) is 0 Å². The van der Waals surface area contributed by atoms with E-state index in [0.29, 0.717) is 6.54 Å². The van der Waals surface area contributed by atoms with Gasteiger partial charge in [-0.3, -0.25) is 19.4 Å². The molecule has 1 aromatic carbocycles. The predicted molar refractivity (Wildman–Crippen MR) is 102 cm³/mol. The lowest BCUT2D eigenvalue weighted by atomic mass is 9.94. The summed E-state index contributed by atoms with van der Waals surface area (Å²) >= 11 is 0. The lowest BCUT2D eigenvalue weighted by Gasteiger charge is -2.41. The van der Waals surface area contributed by atoms with Crippen molar-refractivity contribution in [1.82, 2.24) is 20.0 Å². The highest BCUT2D eigenvalue weighted by Gasteiger charge is 2.42. The molecular formula is C20H28N4O3. The molecule has 146 valence electrons. The Morgan fingerprint density at radius 2 is 1.85 bits per heavy atom. The largest absolute Gasteiger partial charge is 0.354 e. The normalized spacial score (nSPS) is 20.8. The van der Waals surface area contributed by atoms with Crippen molar-refractivity contribution in [2.45, 2.75) is 44.8 Å². The van der Waals surface area contributed by atoms with Gasteiger partial charge in [-0.25, -0.2) is 4.79 Å². The van der Waals surface area contributed by atoms with Gasteiger partial charge in [0.1, 0.15) is 6.04 Å². The van der Waals surface area contributed by atoms with Crippen LogP contribution in [0.25, 0.3) is 0 Å². The molecule has 2 aliphatic rings. The number of likely N-dealkylation sites (N-methyl/N-ethyl adjacent to an activating group) is 2. The first-order valence-corrected chi connectivity index (χ1v) is 9.33. The van der Waals surface area contributed by atoms with Crippen LogP contribution in [0.5, 0.6) is 0 Å². The van der Waals surface area contributed by atoms with Gasteiger partial charge in [-0.15, -0.1) is 0 Å². The molecule has 1 atom stereocenters. The number of carbonyl (C=O) groups excluding carboxylic acids is 3. The second kappa shape index (κ2) is 7.31. The fraction of sp³-hybridized carbons (Fsp3) is 0.550. The number of nitrogens with zero attached hydrogens (tertiary/aromatic N) is 3. The highest BCUT2D eigenvalue weighted by Crippen LogP contribution is 2.25. The third-order valence-electron chi connectivity index (χ3n) is 5.76. The van der Waals surface area contributed by atoms with Crippen molar-refractivity contribution in [3.63, 3.8) is 0 Å². The molecule has 4 amide bonds. The maximum Gasteiger partial charge on any atom is 0.326 e. The molecule has 3 rings (SSSR count). The first-order chi connectivity index (χ1) is 12.7. The molecular weight excluding hydrogens is 344 g/mol. The van der Waals surface area contributed by atoms with Gasteiger partial charge in [-0.2, -0.15) is 0 Å². The summed E-state index contributed by atoms with van der Waals surface area (Å²) in [5.74, 6) is -0.543. The summed E-state index contributed by atoms with van der Waals surface area (Å²) in [6.45, 7) is 6.53. The van der Waals surface area contributed by atoms with E-state index in [9.17, 15) is 14.4 Å². The van der Waals surface area contributed by atoms with Gasteiger partial charge in [0.05, 0.1) is 6.42 Å². The number of hydrogen-bond acceptors (Lipinski definition) is 4. The van der Waals surface area contributed by atoms with Crippen molar-refractivity contribution in [1.29, 1.82) is 0 Å². The smallest absolute Gasteiger partial charge is 0.326 e. The molecule has 1 N–H and O–H groups in total. The molecule has 27 heavy (non-hydrogen) atoms. The van der Waals surface area contributed by atoms with E-state index >= 15 is 0 Å². The van der Waals surface area contributed by atoms with Crippen molar-refractivity contribution in [2.24, 2.45) is 0 Å². The average molecular weight is 372 g/mol. The van der Waals surface area contributed by atoms with Crippen LogP contribution in [0.1, 0.15) is 31.4 Å². The van der Waals surface area contributed by atoms with Crippen LogP contribution < -0.4 is 5.32 Å². The van der Waals surface area contributed by atoms with E-state index in [4.69, 9.17) is 0 Å². The zero-order chi connectivity index (χ0) is 19.8. The van der Waals surface area contributed by atoms with Crippen LogP contribution >= 0.6 is 0 Å². The standard InChI is InChI=1S/C20H28N4O3/c1-20(2,24-10-9-14-7-5-6-8-15(14)12-24)13-21-17(25)11-16-18(26)23(4)19(27)22(16)3/h5-8,16H,9-13H2,1-4H3,(H,21,25)/t16-/m0/s1. The summed E-state index contributed by atoms with van der Waals surface area (Å²) in [5.41, 5.74) is 2.52. The van der Waals surface area contributed by atoms with Gasteiger partial charge in [0.15, 0.2) is 0 Å². The Kier molecular flexibility index (Phi) is 5.24. The lowest BCUT2D eigenvalue weighted by molar-refractivity contribution is -0.131. The van der Waals surface area contributed by atoms with Gasteiger partial charge in [-0.1, -0.05) is 24.3 Å². The monoisotopic (exact) mass is 372 g/mol. The van der Waals surface area contributed by atoms with Crippen molar-refractivity contribution in [3.8, 4) is 0 Å². The maximum atomic E-state index is 12.4. The highest BCUT2D eigenvalue weighted by atomic mass is 16.2. The maximum absolute atomic E-state index is 12.4. The van der Waals surface area contributed by atoms with Crippen LogP contribution in [0.4, 0.5) is 4.79 Å². The summed E-state index contributed by atoms with van der Waals surface area (Å²) in [7, 11) is 2.99. The van der Waals surface area contributed by atoms with E-state index in [0.717, 1.165) is 24.4 Å². The van der Waals surface area contributed by atoms with Gasteiger partial charge in [0.25, 0.3) is 5.91 Å². The molecule has 7 nitrogen and oxygen atoms in total. The number of hydrogen-bond donors (Lipinski definition) is 1. The number of rotatable bonds is 5. The number of urea groups is 1. The molecule has 7 heteroatoms. The third kappa shape index (κ3) is 3.83. The molecule has 0 radical (unpaired) electrons. The molecule has 0 aromatic heterocycles. The molecule has 1 fully saturated rings. The minimum Gasteiger partial charge on any atom is -0.354 e. The highest BCUT2D eigenvalue weighted by molar-refractivity contribution is 6.05. The SMILES string of the molecule is CN1C(=O)[C@H](CC(=O)NCC(C)(C)N2CCc3ccccc3C2)N(C)C1=O. The topological polar surface area (TPSA) is 73.0 Å². The average Bonchev–Trinajstić information content (AvgIpc) is 2.84. The minimum absolute atomic E-state index is 0.00960. The quantitative estimate of drug-likeness (QED) is 0.789. The number of benzene rings is 1. The second-order valence-electron chi connectivity index (χ2n) is 8.04. The van der Waals surface area contributed by atoms with E-state index in [2.05, 4.69) is 48.3 Å². The van der Waals surface area contributed by atoms with Crippen LogP contribution in [-0.2, 0) is 22.6 Å². The minimum atomic E-state index is -0.715. The molecule has 2 aliphatic heterocycles. The Labute approximate surface area is 160 Å². The van der Waals surface area contributed by atoms with Crippen molar-refractivity contribution < 1.29 is 14.4 Å². The van der Waals surface area contributed by atoms with Gasteiger partial charge in [0.2, 0.25) is 5.91 Å². The molecule has 0 unspecified atom stereocenters. The zero-order valence-corrected chi connectivity index (χ0v) is 16.5. The fourth-order valence-corrected chi connectivity index (χ4v) is 3.76. The second-order valence-corrected chi connectivity index (χ2v) is 8.04. The Morgan fingerprint density at radius 1 is 1.19 bits per heavy atom. The van der Waals surface area contributed by atoms with E-state index in [1.807, 2.05) is 0 Å². The molecule has 1 saturated heterocycles. The summed E-state index contributed by atoms with van der Waals surface area (Å²) < 4.78 is 0. The van der Waals surface area contributed by atoms with Crippen LogP contribution in [0.15, 0.2) is 24.3 Å². The van der Waals surface area contributed by atoms with Crippen molar-refractivity contribution in [2.75, 3.05) is 27.2 Å². The predicted octanol–water partition coefficient (Wildman–Crippen LogP) is 1.22. The summed E-state index contributed by atoms with van der Waals surface area (Å²) in [6, 6.07) is 7.38. The number of carbonyl (C=O) groups is 3. The van der Waals surface area contributed by atoms with E-state index in [1.54, 1.807) is 7.05 Å². The molecule has 0 aliphatic carbocycles. The number of amides is 4. The number of imide groups is 1. The summed E-state index contributed by atoms with van der Waals surface area (Å²) in [4.78, 5) is 41.1. The van der Waals surface area contributed by atoms with Gasteiger partial charge >= 0.3 is 6.03 Å². The Morgan fingerprint density at radius 3 is 2.48 bits per heavy atom. The van der Waals surface area contributed by atoms with Crippen molar-refractivity contribution in [3.05, 3.63) is 35.4 Å². The van der Waals surface area contributed by atoms with E-state index in [1.165, 1.54) is 23.1 Å². The van der Waals surface area contributed by atoms with Crippen molar-refractivity contribution >= 4 is 17.8 Å². The Balaban J connectivity index is 1.55. The van der Waals surface area contributed by atoms with E-state index < -0.39 is 6.04 Å². The van der Waals surface area contributed by atoms with Crippen LogP contribution in [-0.4, -0.2) is 71.3 Å². The van der Waals surface area contributed by atoms with Gasteiger partial charge < -0.3 is 10.2 Å². The first kappa shape index (κ1) is 19.4. The molecule has 0 saturated carbocycles. The summed E-state index contributed by atoms with van der Waals surface area (Å²) in [5, 5.41) is 2.95. The lowest BCUT2D eigenvalue weighted by Crippen LogP contribution is -2.53. The Hall–Kier alpha value is -2.41.